The van der Waals surface area contributed by atoms with Crippen LogP contribution in [0, 0.1) is 20.8 Å². The lowest BCUT2D eigenvalue weighted by Gasteiger charge is -2.11. The highest BCUT2D eigenvalue weighted by atomic mass is 16.4. The van der Waals surface area contributed by atoms with Crippen molar-refractivity contribution in [1.82, 2.24) is 5.32 Å². The number of hydrogen-bond donors (Lipinski definition) is 2. The molecule has 2 heterocycles. The number of carboxylic acid groups (broad SMARTS) is 1. The maximum absolute atomic E-state index is 12.3. The summed E-state index contributed by atoms with van der Waals surface area (Å²) < 4.78 is 11.0. The van der Waals surface area contributed by atoms with Gasteiger partial charge in [0.25, 0.3) is 0 Å². The molecule has 3 rings (SSSR count). The molecule has 2 aromatic heterocycles. The van der Waals surface area contributed by atoms with E-state index in [4.69, 9.17) is 13.9 Å². The van der Waals surface area contributed by atoms with E-state index in [1.165, 1.54) is 6.92 Å². The van der Waals surface area contributed by atoms with E-state index in [2.05, 4.69) is 5.32 Å². The van der Waals surface area contributed by atoms with Crippen LogP contribution in [0.3, 0.4) is 0 Å². The highest BCUT2D eigenvalue weighted by Crippen LogP contribution is 2.30. The van der Waals surface area contributed by atoms with Crippen molar-refractivity contribution in [3.8, 4) is 0 Å². The quantitative estimate of drug-likeness (QED) is 0.695. The molecule has 136 valence electrons. The average Bonchev–Trinajstić information content (AvgIpc) is 2.84. The SMILES string of the molecule is Cc1oc2cc3oc(=O)c(CC(=O)NC(C)C(=O)O)c(C)c3cc2c1C. The van der Waals surface area contributed by atoms with Crippen LogP contribution < -0.4 is 10.9 Å². The number of benzene rings is 1. The van der Waals surface area contributed by atoms with E-state index >= 15 is 0 Å². The second-order valence-corrected chi connectivity index (χ2v) is 6.43. The highest BCUT2D eigenvalue weighted by molar-refractivity contribution is 5.97. The lowest BCUT2D eigenvalue weighted by Crippen LogP contribution is -2.39. The first-order valence-electron chi connectivity index (χ1n) is 8.17. The van der Waals surface area contributed by atoms with E-state index in [1.807, 2.05) is 19.9 Å². The fourth-order valence-electron chi connectivity index (χ4n) is 2.94. The number of furan rings is 1. The van der Waals surface area contributed by atoms with Crippen molar-refractivity contribution < 1.29 is 23.5 Å². The molecule has 7 heteroatoms. The minimum Gasteiger partial charge on any atom is -0.480 e. The van der Waals surface area contributed by atoms with Gasteiger partial charge in [0.15, 0.2) is 0 Å². The molecule has 0 aliphatic heterocycles. The normalized spacial score (nSPS) is 12.5. The van der Waals surface area contributed by atoms with Gasteiger partial charge >= 0.3 is 11.6 Å². The van der Waals surface area contributed by atoms with Gasteiger partial charge in [-0.2, -0.15) is 0 Å². The van der Waals surface area contributed by atoms with E-state index in [1.54, 1.807) is 13.0 Å². The highest BCUT2D eigenvalue weighted by Gasteiger charge is 2.19. The number of aryl methyl sites for hydroxylation is 3. The van der Waals surface area contributed by atoms with E-state index in [9.17, 15) is 14.4 Å². The molecule has 26 heavy (non-hydrogen) atoms. The number of carbonyl (C=O) groups excluding carboxylic acids is 1. The topological polar surface area (TPSA) is 110 Å². The van der Waals surface area contributed by atoms with Gasteiger partial charge in [0.05, 0.1) is 12.0 Å². The Bertz CT molecular complexity index is 1100. The van der Waals surface area contributed by atoms with Crippen LogP contribution in [0.4, 0.5) is 0 Å². The molecule has 1 amide bonds. The van der Waals surface area contributed by atoms with Crippen molar-refractivity contribution in [2.45, 2.75) is 40.2 Å². The Labute approximate surface area is 148 Å². The molecule has 0 saturated heterocycles. The van der Waals surface area contributed by atoms with Gasteiger partial charge in [0, 0.05) is 16.8 Å². The number of nitrogens with one attached hydrogen (secondary N) is 1. The average molecular weight is 357 g/mol. The molecule has 2 N–H and O–H groups in total. The van der Waals surface area contributed by atoms with Crippen LogP contribution >= 0.6 is 0 Å². The summed E-state index contributed by atoms with van der Waals surface area (Å²) in [6.45, 7) is 6.92. The van der Waals surface area contributed by atoms with Crippen LogP contribution in [-0.4, -0.2) is 23.0 Å². The summed E-state index contributed by atoms with van der Waals surface area (Å²) >= 11 is 0. The van der Waals surface area contributed by atoms with E-state index < -0.39 is 23.5 Å². The Hall–Kier alpha value is -3.09. The first kappa shape index (κ1) is 17.7. The molecular weight excluding hydrogens is 338 g/mol. The summed E-state index contributed by atoms with van der Waals surface area (Å²) in [7, 11) is 0. The molecule has 1 atom stereocenters. The van der Waals surface area contributed by atoms with Gasteiger partial charge in [-0.1, -0.05) is 0 Å². The summed E-state index contributed by atoms with van der Waals surface area (Å²) in [6, 6.07) is 2.53. The Kier molecular flexibility index (Phi) is 4.31. The summed E-state index contributed by atoms with van der Waals surface area (Å²) in [6.07, 6.45) is -0.247. The van der Waals surface area contributed by atoms with Gasteiger partial charge in [0.1, 0.15) is 23.0 Å². The molecule has 0 spiro atoms. The van der Waals surface area contributed by atoms with Crippen molar-refractivity contribution in [3.05, 3.63) is 45.0 Å². The molecule has 3 aromatic rings. The first-order chi connectivity index (χ1) is 12.2. The summed E-state index contributed by atoms with van der Waals surface area (Å²) in [5.74, 6) is -0.905. The second-order valence-electron chi connectivity index (χ2n) is 6.43. The molecule has 0 aliphatic rings. The third kappa shape index (κ3) is 2.96. The van der Waals surface area contributed by atoms with Gasteiger partial charge in [-0.05, 0) is 44.9 Å². The Balaban J connectivity index is 2.07. The van der Waals surface area contributed by atoms with Gasteiger partial charge in [0.2, 0.25) is 5.91 Å². The molecule has 1 unspecified atom stereocenters. The number of fused-ring (bicyclic) bond motifs is 2. The molecular formula is C19H19NO6. The van der Waals surface area contributed by atoms with Crippen molar-refractivity contribution in [3.63, 3.8) is 0 Å². The van der Waals surface area contributed by atoms with E-state index in [-0.39, 0.29) is 12.0 Å². The fourth-order valence-corrected chi connectivity index (χ4v) is 2.94. The molecule has 0 aliphatic carbocycles. The van der Waals surface area contributed by atoms with Crippen LogP contribution in [0.1, 0.15) is 29.4 Å². The smallest absolute Gasteiger partial charge is 0.340 e. The monoisotopic (exact) mass is 357 g/mol. The molecule has 0 radical (unpaired) electrons. The Morgan fingerprint density at radius 3 is 2.35 bits per heavy atom. The predicted octanol–water partition coefficient (Wildman–Crippen LogP) is 2.60. The van der Waals surface area contributed by atoms with Gasteiger partial charge in [-0.15, -0.1) is 0 Å². The zero-order chi connectivity index (χ0) is 19.2. The second kappa shape index (κ2) is 6.33. The van der Waals surface area contributed by atoms with Crippen LogP contribution in [-0.2, 0) is 16.0 Å². The number of amides is 1. The van der Waals surface area contributed by atoms with E-state index in [0.29, 0.717) is 16.7 Å². The van der Waals surface area contributed by atoms with Crippen molar-refractivity contribution >= 4 is 33.8 Å². The number of carboxylic acids is 1. The summed E-state index contributed by atoms with van der Waals surface area (Å²) in [5, 5.41) is 12.8. The van der Waals surface area contributed by atoms with Crippen LogP contribution in [0.25, 0.3) is 21.9 Å². The lowest BCUT2D eigenvalue weighted by molar-refractivity contribution is -0.141. The predicted molar refractivity (Wildman–Crippen MR) is 95.4 cm³/mol. The van der Waals surface area contributed by atoms with Crippen molar-refractivity contribution in [2.24, 2.45) is 0 Å². The zero-order valence-electron chi connectivity index (χ0n) is 14.9. The van der Waals surface area contributed by atoms with Crippen molar-refractivity contribution in [1.29, 1.82) is 0 Å². The zero-order valence-corrected chi connectivity index (χ0v) is 14.9. The first-order valence-corrected chi connectivity index (χ1v) is 8.17. The van der Waals surface area contributed by atoms with Crippen LogP contribution in [0.5, 0.6) is 0 Å². The Morgan fingerprint density at radius 1 is 1.08 bits per heavy atom. The maximum Gasteiger partial charge on any atom is 0.340 e. The van der Waals surface area contributed by atoms with Crippen molar-refractivity contribution in [2.75, 3.05) is 0 Å². The number of carbonyl (C=O) groups is 2. The van der Waals surface area contributed by atoms with Crippen LogP contribution in [0.15, 0.2) is 25.8 Å². The van der Waals surface area contributed by atoms with Gasteiger partial charge < -0.3 is 19.3 Å². The number of rotatable bonds is 4. The lowest BCUT2D eigenvalue weighted by atomic mass is 10.0. The number of hydrogen-bond acceptors (Lipinski definition) is 5. The third-order valence-corrected chi connectivity index (χ3v) is 4.67. The summed E-state index contributed by atoms with van der Waals surface area (Å²) in [5.41, 5.74) is 2.25. The molecule has 0 fully saturated rings. The van der Waals surface area contributed by atoms with Gasteiger partial charge in [-0.3, -0.25) is 9.59 Å². The maximum atomic E-state index is 12.3. The molecule has 0 bridgehead atoms. The summed E-state index contributed by atoms with van der Waals surface area (Å²) in [4.78, 5) is 35.2. The van der Waals surface area contributed by atoms with Crippen LogP contribution in [0.2, 0.25) is 0 Å². The molecule has 0 saturated carbocycles. The minimum absolute atomic E-state index is 0.213. The van der Waals surface area contributed by atoms with E-state index in [0.717, 1.165) is 22.1 Å². The molecule has 7 nitrogen and oxygen atoms in total. The largest absolute Gasteiger partial charge is 0.480 e. The minimum atomic E-state index is -1.14. The van der Waals surface area contributed by atoms with Gasteiger partial charge in [-0.25, -0.2) is 4.79 Å². The number of aliphatic carboxylic acids is 1. The fraction of sp³-hybridized carbons (Fsp3) is 0.316. The third-order valence-electron chi connectivity index (χ3n) is 4.67. The standard InChI is InChI=1S/C19H19NO6/c1-8-11(4)25-15-7-16-13(5-12(8)15)9(2)14(19(24)26-16)6-17(21)20-10(3)18(22)23/h5,7,10H,6H2,1-4H3,(H,20,21)(H,22,23). The molecule has 1 aromatic carbocycles. The Morgan fingerprint density at radius 2 is 1.69 bits per heavy atom.